The molecule has 0 saturated carbocycles. The van der Waals surface area contributed by atoms with Crippen LogP contribution in [0.2, 0.25) is 0 Å². The van der Waals surface area contributed by atoms with Crippen molar-refractivity contribution in [1.82, 2.24) is 39.2 Å². The SMILES string of the molecule is COC(=O)N[C@H](C(=O)N1CCC[C@H]1CC(=O)Nc1cn2cc(-c3cn4cc(NC(=O)[C@@H]5CCCN5C(=O)[C@@H](NC(=O)OC)C(C)C)nc4s3)sc2n1)C(C)C. The molecule has 0 aliphatic carbocycles. The van der Waals surface area contributed by atoms with E-state index in [9.17, 15) is 28.8 Å². The summed E-state index contributed by atoms with van der Waals surface area (Å²) in [5.41, 5.74) is 0. The molecule has 4 atom stereocenters. The molecule has 2 aliphatic heterocycles. The Kier molecular flexibility index (Phi) is 11.9. The smallest absolute Gasteiger partial charge is 0.407 e. The number of hydrogen-bond acceptors (Lipinski definition) is 12. The van der Waals surface area contributed by atoms with E-state index in [0.717, 1.165) is 16.2 Å². The van der Waals surface area contributed by atoms with Gasteiger partial charge in [-0.25, -0.2) is 19.6 Å². The molecule has 55 heavy (non-hydrogen) atoms. The van der Waals surface area contributed by atoms with E-state index in [2.05, 4.69) is 36.0 Å². The number of carbonyl (C=O) groups excluding carboxylic acids is 6. The molecule has 296 valence electrons. The molecule has 0 bridgehead atoms. The fraction of sp³-hybridized carbons (Fsp3) is 0.543. The van der Waals surface area contributed by atoms with E-state index in [1.807, 2.05) is 48.9 Å². The number of nitrogens with zero attached hydrogens (tertiary/aromatic N) is 6. The first-order valence-corrected chi connectivity index (χ1v) is 19.8. The summed E-state index contributed by atoms with van der Waals surface area (Å²) in [4.78, 5) is 92.4. The van der Waals surface area contributed by atoms with Crippen LogP contribution < -0.4 is 21.3 Å². The summed E-state index contributed by atoms with van der Waals surface area (Å²) in [6, 6.07) is -2.56. The van der Waals surface area contributed by atoms with Gasteiger partial charge in [0.1, 0.15) is 18.1 Å². The van der Waals surface area contributed by atoms with Gasteiger partial charge in [-0.15, -0.1) is 0 Å². The minimum absolute atomic E-state index is 0.104. The fourth-order valence-electron chi connectivity index (χ4n) is 6.95. The zero-order chi connectivity index (χ0) is 39.6. The molecule has 4 aromatic heterocycles. The number of aromatic nitrogens is 4. The average Bonchev–Trinajstić information content (AvgIpc) is 3.98. The van der Waals surface area contributed by atoms with Gasteiger partial charge in [0.25, 0.3) is 0 Å². The molecule has 0 spiro atoms. The van der Waals surface area contributed by atoms with E-state index in [-0.39, 0.29) is 47.9 Å². The van der Waals surface area contributed by atoms with Gasteiger partial charge in [-0.05, 0) is 37.5 Å². The summed E-state index contributed by atoms with van der Waals surface area (Å²) in [7, 11) is 2.48. The quantitative estimate of drug-likeness (QED) is 0.163. The molecule has 18 nitrogen and oxygen atoms in total. The van der Waals surface area contributed by atoms with Gasteiger partial charge in [0.2, 0.25) is 23.6 Å². The van der Waals surface area contributed by atoms with Crippen LogP contribution in [0.3, 0.4) is 0 Å². The summed E-state index contributed by atoms with van der Waals surface area (Å²) < 4.78 is 13.0. The molecule has 2 fully saturated rings. The highest BCUT2D eigenvalue weighted by atomic mass is 32.1. The lowest BCUT2D eigenvalue weighted by molar-refractivity contribution is -0.139. The molecule has 0 radical (unpaired) electrons. The third-order valence-electron chi connectivity index (χ3n) is 9.78. The van der Waals surface area contributed by atoms with Gasteiger partial charge in [-0.1, -0.05) is 50.4 Å². The van der Waals surface area contributed by atoms with Gasteiger partial charge in [0.05, 0.1) is 36.4 Å². The number of alkyl carbamates (subject to hydrolysis) is 2. The summed E-state index contributed by atoms with van der Waals surface area (Å²) >= 11 is 2.88. The molecule has 4 N–H and O–H groups in total. The maximum absolute atomic E-state index is 13.4. The normalized spacial score (nSPS) is 18.2. The van der Waals surface area contributed by atoms with Gasteiger partial charge in [-0.3, -0.25) is 28.0 Å². The fourth-order valence-corrected chi connectivity index (χ4v) is 8.95. The number of amides is 6. The third-order valence-corrected chi connectivity index (χ3v) is 12.0. The molecule has 0 unspecified atom stereocenters. The Morgan fingerprint density at radius 1 is 0.727 bits per heavy atom. The van der Waals surface area contributed by atoms with Gasteiger partial charge in [-0.2, -0.15) is 0 Å². The lowest BCUT2D eigenvalue weighted by Gasteiger charge is -2.30. The number of likely N-dealkylation sites (tertiary alicyclic amines) is 2. The van der Waals surface area contributed by atoms with Crippen molar-refractivity contribution in [2.24, 2.45) is 11.8 Å². The number of ether oxygens (including phenoxy) is 2. The van der Waals surface area contributed by atoms with Gasteiger partial charge >= 0.3 is 12.2 Å². The van der Waals surface area contributed by atoms with Crippen LogP contribution >= 0.6 is 22.7 Å². The second-order valence-corrected chi connectivity index (χ2v) is 16.3. The van der Waals surface area contributed by atoms with Crippen LogP contribution in [0.1, 0.15) is 59.8 Å². The second-order valence-electron chi connectivity index (χ2n) is 14.3. The standard InChI is InChI=1S/C35H46N10O8S2/c1-18(2)27(40-34(50)52-5)30(48)44-11-7-9-20(44)13-26(46)36-24-16-42-14-22(54-32(42)38-24)23-15-43-17-25(39-33(43)55-23)37-29(47)21-10-8-12-45(21)31(49)28(19(3)4)41-35(51)53-6/h14-21,27-28H,7-13H2,1-6H3,(H,36,46)(H,37,47)(H,40,50)(H,41,51)/t20-,21-,27-,28-/m0/s1. The monoisotopic (exact) mass is 798 g/mol. The highest BCUT2D eigenvalue weighted by molar-refractivity contribution is 7.26. The van der Waals surface area contributed by atoms with Crippen molar-refractivity contribution in [3.8, 4) is 9.75 Å². The predicted molar refractivity (Wildman–Crippen MR) is 205 cm³/mol. The Balaban J connectivity index is 1.05. The van der Waals surface area contributed by atoms with E-state index in [0.29, 0.717) is 53.9 Å². The van der Waals surface area contributed by atoms with E-state index in [1.165, 1.54) is 41.8 Å². The Bertz CT molecular complexity index is 2020. The number of hydrogen-bond donors (Lipinski definition) is 4. The lowest BCUT2D eigenvalue weighted by atomic mass is 10.0. The van der Waals surface area contributed by atoms with Crippen molar-refractivity contribution >= 4 is 80.0 Å². The molecule has 2 saturated heterocycles. The molecule has 20 heteroatoms. The Hall–Kier alpha value is -5.24. The second kappa shape index (κ2) is 16.6. The molecule has 0 aromatic carbocycles. The third kappa shape index (κ3) is 8.69. The van der Waals surface area contributed by atoms with Crippen LogP contribution in [-0.4, -0.2) is 116 Å². The maximum atomic E-state index is 13.4. The number of nitrogens with one attached hydrogen (secondary N) is 4. The molecule has 6 amide bonds. The molecule has 2 aliphatic rings. The zero-order valence-corrected chi connectivity index (χ0v) is 33.1. The van der Waals surface area contributed by atoms with Crippen molar-refractivity contribution in [3.63, 3.8) is 0 Å². The van der Waals surface area contributed by atoms with Crippen LogP contribution in [0.4, 0.5) is 21.2 Å². The van der Waals surface area contributed by atoms with E-state index >= 15 is 0 Å². The van der Waals surface area contributed by atoms with Crippen molar-refractivity contribution < 1.29 is 38.2 Å². The average molecular weight is 799 g/mol. The molecule has 6 heterocycles. The Morgan fingerprint density at radius 3 is 1.73 bits per heavy atom. The first kappa shape index (κ1) is 39.5. The first-order valence-electron chi connectivity index (χ1n) is 18.1. The minimum atomic E-state index is -0.822. The number of thiazole rings is 2. The number of methoxy groups -OCH3 is 2. The molecular weight excluding hydrogens is 753 g/mol. The van der Waals surface area contributed by atoms with E-state index < -0.39 is 30.3 Å². The van der Waals surface area contributed by atoms with Crippen molar-refractivity contribution in [2.45, 2.75) is 84.0 Å². The number of fused-ring (bicyclic) bond motifs is 2. The number of rotatable bonds is 12. The van der Waals surface area contributed by atoms with Gasteiger partial charge in [0, 0.05) is 37.9 Å². The highest BCUT2D eigenvalue weighted by Gasteiger charge is 2.39. The van der Waals surface area contributed by atoms with Crippen LogP contribution in [0.5, 0.6) is 0 Å². The summed E-state index contributed by atoms with van der Waals surface area (Å²) in [6.45, 7) is 8.24. The van der Waals surface area contributed by atoms with E-state index in [4.69, 9.17) is 4.74 Å². The zero-order valence-electron chi connectivity index (χ0n) is 31.5. The van der Waals surface area contributed by atoms with Gasteiger partial charge < -0.3 is 40.5 Å². The number of carbonyl (C=O) groups is 6. The topological polar surface area (TPSA) is 210 Å². The van der Waals surface area contributed by atoms with Crippen molar-refractivity contribution in [2.75, 3.05) is 37.9 Å². The van der Waals surface area contributed by atoms with Crippen LogP contribution in [-0.2, 0) is 28.7 Å². The van der Waals surface area contributed by atoms with Crippen LogP contribution in [0.25, 0.3) is 19.7 Å². The summed E-state index contributed by atoms with van der Waals surface area (Å²) in [5.74, 6) is -0.780. The largest absolute Gasteiger partial charge is 0.453 e. The Morgan fingerprint density at radius 2 is 1.22 bits per heavy atom. The lowest BCUT2D eigenvalue weighted by Crippen LogP contribution is -2.54. The molecule has 4 aromatic rings. The molecular formula is C35H46N10O8S2. The first-order chi connectivity index (χ1) is 26.3. The maximum Gasteiger partial charge on any atom is 0.407 e. The molecule has 6 rings (SSSR count). The number of anilines is 2. The summed E-state index contributed by atoms with van der Waals surface area (Å²) in [5, 5.41) is 10.9. The van der Waals surface area contributed by atoms with E-state index in [1.54, 1.807) is 17.3 Å². The predicted octanol–water partition coefficient (Wildman–Crippen LogP) is 3.78. The van der Waals surface area contributed by atoms with Gasteiger partial charge in [0.15, 0.2) is 21.6 Å². The van der Waals surface area contributed by atoms with Crippen molar-refractivity contribution in [3.05, 3.63) is 24.8 Å². The minimum Gasteiger partial charge on any atom is -0.453 e. The van der Waals surface area contributed by atoms with Crippen LogP contribution in [0.15, 0.2) is 24.8 Å². The summed E-state index contributed by atoms with van der Waals surface area (Å²) in [6.07, 6.45) is 8.59. The van der Waals surface area contributed by atoms with Crippen LogP contribution in [0, 0.1) is 11.8 Å². The number of imidazole rings is 2. The highest BCUT2D eigenvalue weighted by Crippen LogP contribution is 2.35. The Labute approximate surface area is 324 Å². The van der Waals surface area contributed by atoms with Crippen molar-refractivity contribution in [1.29, 1.82) is 0 Å².